The Hall–Kier alpha value is -1.96. The highest BCUT2D eigenvalue weighted by Gasteiger charge is 2.30. The summed E-state index contributed by atoms with van der Waals surface area (Å²) in [4.78, 5) is 12.5. The predicted octanol–water partition coefficient (Wildman–Crippen LogP) is 3.53. The number of benzene rings is 1. The molecular weight excluding hydrogens is 342 g/mol. The molecule has 0 spiro atoms. The van der Waals surface area contributed by atoms with Gasteiger partial charge in [-0.2, -0.15) is 13.5 Å². The molecule has 0 aliphatic heterocycles. The van der Waals surface area contributed by atoms with Gasteiger partial charge in [-0.3, -0.25) is 10.1 Å². The second kappa shape index (κ2) is 7.11. The molecule has 3 rings (SSSR count). The Balaban J connectivity index is 1.73. The van der Waals surface area contributed by atoms with Crippen LogP contribution < -0.4 is 4.83 Å². The molecule has 2 saturated carbocycles. The van der Waals surface area contributed by atoms with Gasteiger partial charge < -0.3 is 0 Å². The topological polar surface area (TPSA) is 102 Å². The normalized spacial score (nSPS) is 25.4. The Kier molecular flexibility index (Phi) is 5.08. The molecule has 1 N–H and O–H groups in total. The fourth-order valence-corrected chi connectivity index (χ4v) is 4.79. The van der Waals surface area contributed by atoms with Crippen LogP contribution in [0.3, 0.4) is 0 Å². The van der Waals surface area contributed by atoms with Crippen LogP contribution in [0.15, 0.2) is 28.2 Å². The molecule has 1 aromatic rings. The van der Waals surface area contributed by atoms with Crippen molar-refractivity contribution in [3.63, 3.8) is 0 Å². The van der Waals surface area contributed by atoms with Crippen LogP contribution in [0.25, 0.3) is 0 Å². The summed E-state index contributed by atoms with van der Waals surface area (Å²) in [6, 6.07) is 3.88. The number of rotatable bonds is 4. The standard InChI is InChI=1S/C17H23N3O4S/c1-12-6-9-16(11-17(12)20(21)22)25(23,24)19-18-15-8-7-13-4-2-3-5-14(13)10-15/h6,9,11,13-14,19H,2-5,7-8,10H2,1H3/b18-15+/t13-,14-/m0/s1. The summed E-state index contributed by atoms with van der Waals surface area (Å²) in [5.74, 6) is 1.37. The van der Waals surface area contributed by atoms with E-state index in [4.69, 9.17) is 0 Å². The van der Waals surface area contributed by atoms with Crippen LogP contribution in [0, 0.1) is 28.9 Å². The Morgan fingerprint density at radius 2 is 1.92 bits per heavy atom. The van der Waals surface area contributed by atoms with Crippen molar-refractivity contribution in [1.29, 1.82) is 0 Å². The molecule has 0 unspecified atom stereocenters. The van der Waals surface area contributed by atoms with E-state index < -0.39 is 14.9 Å². The van der Waals surface area contributed by atoms with Crippen molar-refractivity contribution < 1.29 is 13.3 Å². The summed E-state index contributed by atoms with van der Waals surface area (Å²) in [6.07, 6.45) is 7.75. The van der Waals surface area contributed by atoms with Gasteiger partial charge in [0.05, 0.1) is 9.82 Å². The summed E-state index contributed by atoms with van der Waals surface area (Å²) in [6.45, 7) is 1.57. The van der Waals surface area contributed by atoms with E-state index in [0.29, 0.717) is 11.5 Å². The first-order valence-electron chi connectivity index (χ1n) is 8.69. The molecule has 136 valence electrons. The van der Waals surface area contributed by atoms with Gasteiger partial charge in [0, 0.05) is 17.3 Å². The number of nitrogens with one attached hydrogen (secondary N) is 1. The van der Waals surface area contributed by atoms with Crippen LogP contribution in [0.5, 0.6) is 0 Å². The average Bonchev–Trinajstić information content (AvgIpc) is 2.60. The first kappa shape index (κ1) is 17.8. The van der Waals surface area contributed by atoms with Crippen molar-refractivity contribution in [2.45, 2.75) is 56.8 Å². The maximum atomic E-state index is 12.4. The van der Waals surface area contributed by atoms with Gasteiger partial charge in [-0.25, -0.2) is 4.83 Å². The third-order valence-electron chi connectivity index (χ3n) is 5.38. The lowest BCUT2D eigenvalue weighted by Crippen LogP contribution is -2.29. The van der Waals surface area contributed by atoms with E-state index in [1.54, 1.807) is 6.92 Å². The molecule has 25 heavy (non-hydrogen) atoms. The van der Waals surface area contributed by atoms with Gasteiger partial charge in [-0.15, -0.1) is 0 Å². The Morgan fingerprint density at radius 3 is 2.64 bits per heavy atom. The van der Waals surface area contributed by atoms with Gasteiger partial charge in [0.2, 0.25) is 0 Å². The number of fused-ring (bicyclic) bond motifs is 1. The van der Waals surface area contributed by atoms with E-state index >= 15 is 0 Å². The summed E-state index contributed by atoms with van der Waals surface area (Å²) in [5, 5.41) is 15.1. The number of hydrazone groups is 1. The monoisotopic (exact) mass is 365 g/mol. The van der Waals surface area contributed by atoms with Gasteiger partial charge >= 0.3 is 0 Å². The van der Waals surface area contributed by atoms with Crippen molar-refractivity contribution in [3.8, 4) is 0 Å². The third-order valence-corrected chi connectivity index (χ3v) is 6.59. The minimum absolute atomic E-state index is 0.138. The van der Waals surface area contributed by atoms with E-state index in [1.165, 1.54) is 37.8 Å². The second-order valence-corrected chi connectivity index (χ2v) is 8.69. The van der Waals surface area contributed by atoms with Crippen LogP contribution in [-0.2, 0) is 10.0 Å². The first-order valence-corrected chi connectivity index (χ1v) is 10.2. The Morgan fingerprint density at radius 1 is 1.20 bits per heavy atom. The summed E-state index contributed by atoms with van der Waals surface area (Å²) < 4.78 is 24.8. The van der Waals surface area contributed by atoms with Crippen molar-refractivity contribution in [1.82, 2.24) is 4.83 Å². The second-order valence-electron chi connectivity index (χ2n) is 7.03. The molecule has 0 bridgehead atoms. The van der Waals surface area contributed by atoms with Crippen molar-refractivity contribution in [3.05, 3.63) is 33.9 Å². The van der Waals surface area contributed by atoms with Gasteiger partial charge in [0.25, 0.3) is 15.7 Å². The zero-order valence-corrected chi connectivity index (χ0v) is 15.1. The minimum Gasteiger partial charge on any atom is -0.258 e. The Labute approximate surface area is 147 Å². The summed E-state index contributed by atoms with van der Waals surface area (Å²) in [5.41, 5.74) is 1.09. The molecule has 2 fully saturated rings. The number of aryl methyl sites for hydroxylation is 1. The maximum Gasteiger partial charge on any atom is 0.276 e. The predicted molar refractivity (Wildman–Crippen MR) is 94.9 cm³/mol. The van der Waals surface area contributed by atoms with Crippen molar-refractivity contribution in [2.24, 2.45) is 16.9 Å². The molecule has 2 aliphatic rings. The number of hydrogen-bond donors (Lipinski definition) is 1. The van der Waals surface area contributed by atoms with E-state index in [-0.39, 0.29) is 10.6 Å². The summed E-state index contributed by atoms with van der Waals surface area (Å²) in [7, 11) is -3.90. The Bertz CT molecular complexity index is 804. The van der Waals surface area contributed by atoms with Crippen LogP contribution in [-0.4, -0.2) is 19.1 Å². The molecule has 0 heterocycles. The molecule has 1 aromatic carbocycles. The van der Waals surface area contributed by atoms with Crippen molar-refractivity contribution in [2.75, 3.05) is 0 Å². The highest BCUT2D eigenvalue weighted by molar-refractivity contribution is 7.89. The van der Waals surface area contributed by atoms with Gasteiger partial charge in [-0.05, 0) is 50.5 Å². The fraction of sp³-hybridized carbons (Fsp3) is 0.588. The third kappa shape index (κ3) is 4.00. The average molecular weight is 365 g/mol. The number of sulfonamides is 1. The lowest BCUT2D eigenvalue weighted by atomic mass is 9.70. The lowest BCUT2D eigenvalue weighted by Gasteiger charge is -2.35. The van der Waals surface area contributed by atoms with E-state index in [2.05, 4.69) is 9.93 Å². The minimum atomic E-state index is -3.90. The molecule has 0 amide bonds. The molecule has 0 saturated heterocycles. The van der Waals surface area contributed by atoms with Crippen LogP contribution >= 0.6 is 0 Å². The molecule has 0 radical (unpaired) electrons. The van der Waals surface area contributed by atoms with E-state index in [0.717, 1.165) is 37.0 Å². The molecule has 2 atom stereocenters. The zero-order chi connectivity index (χ0) is 18.0. The molecule has 8 heteroatoms. The highest BCUT2D eigenvalue weighted by atomic mass is 32.2. The first-order chi connectivity index (χ1) is 11.9. The van der Waals surface area contributed by atoms with Crippen LogP contribution in [0.2, 0.25) is 0 Å². The molecule has 2 aliphatic carbocycles. The smallest absolute Gasteiger partial charge is 0.258 e. The maximum absolute atomic E-state index is 12.4. The van der Waals surface area contributed by atoms with Gasteiger partial charge in [-0.1, -0.05) is 25.3 Å². The zero-order valence-electron chi connectivity index (χ0n) is 14.3. The van der Waals surface area contributed by atoms with Crippen LogP contribution in [0.4, 0.5) is 5.69 Å². The molecule has 7 nitrogen and oxygen atoms in total. The number of hydrogen-bond acceptors (Lipinski definition) is 5. The van der Waals surface area contributed by atoms with Crippen LogP contribution in [0.1, 0.15) is 50.5 Å². The number of nitro groups is 1. The largest absolute Gasteiger partial charge is 0.276 e. The van der Waals surface area contributed by atoms with Gasteiger partial charge in [0.1, 0.15) is 0 Å². The number of nitrogens with zero attached hydrogens (tertiary/aromatic N) is 2. The number of nitro benzene ring substituents is 1. The SMILES string of the molecule is Cc1ccc(S(=O)(=O)N/N=C2\CC[C@@H]3CCCC[C@H]3C2)cc1[N+](=O)[O-]. The highest BCUT2D eigenvalue weighted by Crippen LogP contribution is 2.39. The van der Waals surface area contributed by atoms with Gasteiger partial charge in [0.15, 0.2) is 0 Å². The summed E-state index contributed by atoms with van der Waals surface area (Å²) >= 11 is 0. The van der Waals surface area contributed by atoms with Crippen molar-refractivity contribution >= 4 is 21.4 Å². The quantitative estimate of drug-likeness (QED) is 0.651. The lowest BCUT2D eigenvalue weighted by molar-refractivity contribution is -0.385. The van der Waals surface area contributed by atoms with E-state index in [1.807, 2.05) is 0 Å². The van der Waals surface area contributed by atoms with E-state index in [9.17, 15) is 18.5 Å². The fourth-order valence-electron chi connectivity index (χ4n) is 3.92. The molecule has 0 aromatic heterocycles. The molecular formula is C17H23N3O4S.